The number of β-amino-alcohol motifs (C(OH)–C–C–N with tert-alkyl or cyclic N) is 1. The molecule has 0 spiro atoms. The van der Waals surface area contributed by atoms with Crippen LogP contribution in [0.5, 0.6) is 0 Å². The van der Waals surface area contributed by atoms with Gasteiger partial charge >= 0.3 is 0 Å². The zero-order chi connectivity index (χ0) is 25.2. The van der Waals surface area contributed by atoms with Crippen LogP contribution in [0.3, 0.4) is 0 Å². The number of fused-ring (bicyclic) bond motifs is 1. The molecule has 10 heteroatoms. The Bertz CT molecular complexity index is 1480. The van der Waals surface area contributed by atoms with Crippen LogP contribution in [-0.2, 0) is 0 Å². The second-order valence-electron chi connectivity index (χ2n) is 8.60. The van der Waals surface area contributed by atoms with E-state index >= 15 is 0 Å². The molecular formula is C26H24ClN5O4. The molecule has 0 atom stereocenters. The number of halogens is 1. The summed E-state index contributed by atoms with van der Waals surface area (Å²) >= 11 is 6.07. The molecule has 36 heavy (non-hydrogen) atoms. The standard InChI is InChI=1S/C26H24ClN5O4/c27-19-7-5-18(6-8-19)25-21-3-1-2-4-22(21)26(34)31(28-25)24-17-20(9-10-23(24)32(35)36)30-13-11-29(12-14-30)15-16-33/h1-10,17,33H,11-16H2. The molecule has 3 aromatic carbocycles. The van der Waals surface area contributed by atoms with Gasteiger partial charge in [0, 0.05) is 60.4 Å². The third-order valence-electron chi connectivity index (χ3n) is 6.46. The van der Waals surface area contributed by atoms with E-state index < -0.39 is 10.5 Å². The van der Waals surface area contributed by atoms with Crippen LogP contribution in [0.25, 0.3) is 27.7 Å². The van der Waals surface area contributed by atoms with Crippen molar-refractivity contribution in [1.29, 1.82) is 0 Å². The normalized spacial score (nSPS) is 14.3. The Morgan fingerprint density at radius 1 is 0.972 bits per heavy atom. The van der Waals surface area contributed by atoms with Crippen molar-refractivity contribution in [1.82, 2.24) is 14.7 Å². The summed E-state index contributed by atoms with van der Waals surface area (Å²) in [6.45, 7) is 3.65. The number of aliphatic hydroxyl groups excluding tert-OH is 1. The van der Waals surface area contributed by atoms with E-state index in [4.69, 9.17) is 11.6 Å². The lowest BCUT2D eigenvalue weighted by Crippen LogP contribution is -2.47. The van der Waals surface area contributed by atoms with E-state index in [0.717, 1.165) is 29.0 Å². The monoisotopic (exact) mass is 505 g/mol. The van der Waals surface area contributed by atoms with Gasteiger partial charge in [-0.25, -0.2) is 0 Å². The topological polar surface area (TPSA) is 105 Å². The van der Waals surface area contributed by atoms with Crippen molar-refractivity contribution >= 4 is 33.7 Å². The van der Waals surface area contributed by atoms with Gasteiger partial charge in [0.05, 0.1) is 22.6 Å². The van der Waals surface area contributed by atoms with E-state index in [1.165, 1.54) is 6.07 Å². The molecule has 1 N–H and O–H groups in total. The summed E-state index contributed by atoms with van der Waals surface area (Å²) in [4.78, 5) is 29.3. The molecule has 2 heterocycles. The number of aliphatic hydroxyl groups is 1. The van der Waals surface area contributed by atoms with Gasteiger partial charge in [-0.05, 0) is 30.3 Å². The summed E-state index contributed by atoms with van der Waals surface area (Å²) in [5.41, 5.74) is 1.51. The first-order valence-corrected chi connectivity index (χ1v) is 12.0. The van der Waals surface area contributed by atoms with Crippen molar-refractivity contribution in [2.75, 3.05) is 44.2 Å². The van der Waals surface area contributed by atoms with Crippen molar-refractivity contribution in [2.45, 2.75) is 0 Å². The van der Waals surface area contributed by atoms with Crippen LogP contribution < -0.4 is 10.5 Å². The molecule has 1 aromatic heterocycles. The van der Waals surface area contributed by atoms with Crippen molar-refractivity contribution < 1.29 is 10.0 Å². The Balaban J connectivity index is 1.66. The number of nitro groups is 1. The van der Waals surface area contributed by atoms with Crippen molar-refractivity contribution in [3.63, 3.8) is 0 Å². The maximum absolute atomic E-state index is 13.6. The third-order valence-corrected chi connectivity index (χ3v) is 6.71. The van der Waals surface area contributed by atoms with E-state index in [0.29, 0.717) is 41.1 Å². The fraction of sp³-hybridized carbons (Fsp3) is 0.231. The molecule has 0 unspecified atom stereocenters. The van der Waals surface area contributed by atoms with Gasteiger partial charge in [-0.3, -0.25) is 19.8 Å². The first-order valence-electron chi connectivity index (χ1n) is 11.6. The van der Waals surface area contributed by atoms with Gasteiger partial charge in [-0.15, -0.1) is 0 Å². The number of nitrogens with zero attached hydrogens (tertiary/aromatic N) is 5. The summed E-state index contributed by atoms with van der Waals surface area (Å²) in [6.07, 6.45) is 0. The number of hydrogen-bond acceptors (Lipinski definition) is 7. The smallest absolute Gasteiger partial charge is 0.295 e. The Morgan fingerprint density at radius 3 is 2.33 bits per heavy atom. The molecule has 5 rings (SSSR count). The van der Waals surface area contributed by atoms with Crippen LogP contribution in [0.1, 0.15) is 0 Å². The minimum Gasteiger partial charge on any atom is -0.395 e. The summed E-state index contributed by atoms with van der Waals surface area (Å²) in [7, 11) is 0. The van der Waals surface area contributed by atoms with E-state index in [2.05, 4.69) is 14.9 Å². The first-order chi connectivity index (χ1) is 17.5. The number of piperazine rings is 1. The largest absolute Gasteiger partial charge is 0.395 e. The van der Waals surface area contributed by atoms with Crippen LogP contribution in [0.4, 0.5) is 11.4 Å². The fourth-order valence-corrected chi connectivity index (χ4v) is 4.70. The maximum Gasteiger partial charge on any atom is 0.295 e. The number of benzene rings is 3. The highest BCUT2D eigenvalue weighted by Gasteiger charge is 2.24. The Morgan fingerprint density at radius 2 is 1.67 bits per heavy atom. The van der Waals surface area contributed by atoms with Crippen LogP contribution in [0.15, 0.2) is 71.5 Å². The van der Waals surface area contributed by atoms with Crippen LogP contribution in [0.2, 0.25) is 5.02 Å². The third kappa shape index (κ3) is 4.56. The number of aromatic nitrogens is 2. The Hall–Kier alpha value is -3.79. The van der Waals surface area contributed by atoms with E-state index in [1.807, 2.05) is 24.3 Å². The van der Waals surface area contributed by atoms with E-state index in [-0.39, 0.29) is 18.0 Å². The molecule has 0 amide bonds. The number of nitro benzene ring substituents is 1. The average Bonchev–Trinajstić information content (AvgIpc) is 2.90. The molecule has 184 valence electrons. The van der Waals surface area contributed by atoms with E-state index in [9.17, 15) is 20.0 Å². The highest BCUT2D eigenvalue weighted by Crippen LogP contribution is 2.31. The summed E-state index contributed by atoms with van der Waals surface area (Å²) < 4.78 is 1.13. The highest BCUT2D eigenvalue weighted by molar-refractivity contribution is 6.30. The van der Waals surface area contributed by atoms with Crippen molar-refractivity contribution in [3.8, 4) is 16.9 Å². The lowest BCUT2D eigenvalue weighted by molar-refractivity contribution is -0.384. The molecule has 1 aliphatic rings. The molecule has 1 fully saturated rings. The summed E-state index contributed by atoms with van der Waals surface area (Å²) in [5.74, 6) is 0. The highest BCUT2D eigenvalue weighted by atomic mass is 35.5. The van der Waals surface area contributed by atoms with Gasteiger partial charge in [0.2, 0.25) is 0 Å². The van der Waals surface area contributed by atoms with Gasteiger partial charge < -0.3 is 10.0 Å². The number of rotatable bonds is 6. The zero-order valence-electron chi connectivity index (χ0n) is 19.4. The fourth-order valence-electron chi connectivity index (χ4n) is 4.58. The van der Waals surface area contributed by atoms with Gasteiger partial charge in [0.25, 0.3) is 11.2 Å². The molecular weight excluding hydrogens is 482 g/mol. The van der Waals surface area contributed by atoms with Gasteiger partial charge in [0.1, 0.15) is 5.69 Å². The quantitative estimate of drug-likeness (QED) is 0.314. The van der Waals surface area contributed by atoms with E-state index in [1.54, 1.807) is 36.4 Å². The van der Waals surface area contributed by atoms with Gasteiger partial charge in [0.15, 0.2) is 0 Å². The summed E-state index contributed by atoms with van der Waals surface area (Å²) in [6, 6.07) is 19.0. The Kier molecular flexibility index (Phi) is 6.69. The molecule has 0 bridgehead atoms. The molecule has 4 aromatic rings. The second kappa shape index (κ2) is 10.1. The SMILES string of the molecule is O=c1c2ccccc2c(-c2ccc(Cl)cc2)nn1-c1cc(N2CCN(CCO)CC2)ccc1[N+](=O)[O-]. The summed E-state index contributed by atoms with van der Waals surface area (Å²) in [5, 5.41) is 27.4. The predicted octanol–water partition coefficient (Wildman–Crippen LogP) is 3.73. The minimum absolute atomic E-state index is 0.105. The second-order valence-corrected chi connectivity index (χ2v) is 9.04. The zero-order valence-corrected chi connectivity index (χ0v) is 20.1. The lowest BCUT2D eigenvalue weighted by atomic mass is 10.0. The van der Waals surface area contributed by atoms with Crippen molar-refractivity contribution in [3.05, 3.63) is 92.2 Å². The Labute approximate surface area is 211 Å². The first kappa shape index (κ1) is 23.9. The minimum atomic E-state index is -0.496. The molecule has 1 saturated heterocycles. The van der Waals surface area contributed by atoms with Gasteiger partial charge in [-0.2, -0.15) is 9.78 Å². The predicted molar refractivity (Wildman–Crippen MR) is 140 cm³/mol. The molecule has 9 nitrogen and oxygen atoms in total. The maximum atomic E-state index is 13.6. The van der Waals surface area contributed by atoms with Crippen molar-refractivity contribution in [2.24, 2.45) is 0 Å². The average molecular weight is 506 g/mol. The van der Waals surface area contributed by atoms with Crippen LogP contribution in [-0.4, -0.2) is 64.0 Å². The number of hydrogen-bond donors (Lipinski definition) is 1. The molecule has 0 aliphatic carbocycles. The lowest BCUT2D eigenvalue weighted by Gasteiger charge is -2.35. The van der Waals surface area contributed by atoms with Crippen LogP contribution >= 0.6 is 11.6 Å². The number of anilines is 1. The van der Waals surface area contributed by atoms with Gasteiger partial charge in [-0.1, -0.05) is 41.9 Å². The van der Waals surface area contributed by atoms with Crippen LogP contribution in [0, 0.1) is 10.1 Å². The molecule has 0 radical (unpaired) electrons. The molecule has 1 aliphatic heterocycles. The molecule has 0 saturated carbocycles.